The molecule has 1 saturated heterocycles. The number of carbonyl (C=O) groups excluding carboxylic acids is 1. The number of hydrogen-bond acceptors (Lipinski definition) is 3. The summed E-state index contributed by atoms with van der Waals surface area (Å²) in [5.41, 5.74) is 2.34. The highest BCUT2D eigenvalue weighted by Gasteiger charge is 2.57. The predicted octanol–water partition coefficient (Wildman–Crippen LogP) is 6.41. The maximum atomic E-state index is 13.4. The number of amides is 1. The van der Waals surface area contributed by atoms with Gasteiger partial charge in [-0.3, -0.25) is 4.79 Å². The van der Waals surface area contributed by atoms with Crippen molar-refractivity contribution in [2.45, 2.75) is 97.0 Å². The molecular weight excluding hydrogens is 378 g/mol. The summed E-state index contributed by atoms with van der Waals surface area (Å²) in [4.78, 5) is 15.4. The molecule has 0 saturated carbocycles. The molecule has 4 nitrogen and oxygen atoms in total. The molecule has 0 bridgehead atoms. The summed E-state index contributed by atoms with van der Waals surface area (Å²) >= 11 is 0. The van der Waals surface area contributed by atoms with Crippen molar-refractivity contribution >= 4 is 19.9 Å². The van der Waals surface area contributed by atoms with E-state index in [2.05, 4.69) is 55.4 Å². The number of ether oxygens (including phenoxy) is 1. The second kappa shape index (κ2) is 9.65. The SMILES string of the molecule is CCC(CC)[C@H]1[C@@H](O[Si](C(C)C)(C(C)C)C(C)C)C(=O)N1c1ccc(OC)cc1. The molecule has 0 unspecified atom stereocenters. The molecule has 1 heterocycles. The molecule has 1 fully saturated rings. The summed E-state index contributed by atoms with van der Waals surface area (Å²) in [5, 5.41) is 0. The van der Waals surface area contributed by atoms with Gasteiger partial charge in [-0.2, -0.15) is 0 Å². The van der Waals surface area contributed by atoms with Crippen LogP contribution in [0, 0.1) is 5.92 Å². The molecule has 1 aromatic carbocycles. The van der Waals surface area contributed by atoms with Gasteiger partial charge in [-0.05, 0) is 46.8 Å². The molecule has 1 aliphatic rings. The summed E-state index contributed by atoms with van der Waals surface area (Å²) < 4.78 is 12.3. The normalized spacial score (nSPS) is 20.2. The third-order valence-electron chi connectivity index (χ3n) is 7.01. The summed E-state index contributed by atoms with van der Waals surface area (Å²) in [7, 11) is -0.467. The van der Waals surface area contributed by atoms with Crippen molar-refractivity contribution in [2.75, 3.05) is 12.0 Å². The van der Waals surface area contributed by atoms with Crippen molar-refractivity contribution in [3.05, 3.63) is 24.3 Å². The third kappa shape index (κ3) is 4.27. The van der Waals surface area contributed by atoms with Crippen LogP contribution in [0.4, 0.5) is 5.69 Å². The number of nitrogens with zero attached hydrogens (tertiary/aromatic N) is 1. The van der Waals surface area contributed by atoms with Crippen molar-refractivity contribution in [1.82, 2.24) is 0 Å². The Morgan fingerprint density at radius 2 is 1.41 bits per heavy atom. The highest BCUT2D eigenvalue weighted by atomic mass is 28.4. The summed E-state index contributed by atoms with van der Waals surface area (Å²) in [6, 6.07) is 7.93. The van der Waals surface area contributed by atoms with E-state index in [0.717, 1.165) is 24.3 Å². The van der Waals surface area contributed by atoms with Crippen molar-refractivity contribution in [2.24, 2.45) is 5.92 Å². The van der Waals surface area contributed by atoms with Crippen molar-refractivity contribution in [1.29, 1.82) is 0 Å². The summed E-state index contributed by atoms with van der Waals surface area (Å²) in [6.45, 7) is 18.1. The van der Waals surface area contributed by atoms with Crippen LogP contribution in [-0.2, 0) is 9.22 Å². The molecule has 0 aliphatic carbocycles. The zero-order chi connectivity index (χ0) is 21.9. The first-order valence-electron chi connectivity index (χ1n) is 11.3. The average molecular weight is 420 g/mol. The second-order valence-electron chi connectivity index (χ2n) is 9.33. The molecule has 1 aromatic rings. The van der Waals surface area contributed by atoms with Gasteiger partial charge in [-0.25, -0.2) is 0 Å². The lowest BCUT2D eigenvalue weighted by atomic mass is 9.82. The molecule has 0 radical (unpaired) electrons. The van der Waals surface area contributed by atoms with Crippen LogP contribution in [0.3, 0.4) is 0 Å². The number of β-lactam (4-membered cyclic amide) rings is 1. The van der Waals surface area contributed by atoms with E-state index in [9.17, 15) is 4.79 Å². The van der Waals surface area contributed by atoms with Crippen molar-refractivity contribution in [3.63, 3.8) is 0 Å². The first-order chi connectivity index (χ1) is 13.6. The Bertz CT molecular complexity index is 645. The van der Waals surface area contributed by atoms with Gasteiger partial charge in [0, 0.05) is 5.69 Å². The largest absolute Gasteiger partial charge is 0.497 e. The predicted molar refractivity (Wildman–Crippen MR) is 124 cm³/mol. The first-order valence-corrected chi connectivity index (χ1v) is 13.4. The zero-order valence-electron chi connectivity index (χ0n) is 19.9. The number of anilines is 1. The molecule has 1 amide bonds. The average Bonchev–Trinajstić information content (AvgIpc) is 2.68. The van der Waals surface area contributed by atoms with E-state index < -0.39 is 8.32 Å². The van der Waals surface area contributed by atoms with E-state index >= 15 is 0 Å². The molecule has 1 aliphatic heterocycles. The van der Waals surface area contributed by atoms with Crippen molar-refractivity contribution in [3.8, 4) is 5.75 Å². The van der Waals surface area contributed by atoms with E-state index in [1.165, 1.54) is 0 Å². The highest BCUT2D eigenvalue weighted by Crippen LogP contribution is 2.47. The fourth-order valence-corrected chi connectivity index (χ4v) is 11.0. The Hall–Kier alpha value is -1.33. The van der Waals surface area contributed by atoms with Crippen LogP contribution >= 0.6 is 0 Å². The molecule has 164 valence electrons. The fourth-order valence-electron chi connectivity index (χ4n) is 5.50. The number of hydrogen-bond donors (Lipinski definition) is 0. The van der Waals surface area contributed by atoms with E-state index in [1.54, 1.807) is 7.11 Å². The smallest absolute Gasteiger partial charge is 0.257 e. The standard InChI is InChI=1S/C24H41NO3Si/c1-10-19(11-2)22-23(28-29(16(3)4,17(5)6)18(7)8)24(26)25(22)20-12-14-21(27-9)15-13-20/h12-19,22-23H,10-11H2,1-9H3/t22-,23+/m0/s1. The monoisotopic (exact) mass is 419 g/mol. The van der Waals surface area contributed by atoms with E-state index in [0.29, 0.717) is 22.5 Å². The lowest BCUT2D eigenvalue weighted by Gasteiger charge is -2.55. The minimum absolute atomic E-state index is 0.106. The van der Waals surface area contributed by atoms with Gasteiger partial charge >= 0.3 is 0 Å². The van der Waals surface area contributed by atoms with Crippen LogP contribution in [0.1, 0.15) is 68.2 Å². The van der Waals surface area contributed by atoms with Gasteiger partial charge in [0.15, 0.2) is 0 Å². The number of rotatable bonds is 10. The Kier molecular flexibility index (Phi) is 7.97. The number of carbonyl (C=O) groups is 1. The van der Waals surface area contributed by atoms with E-state index in [4.69, 9.17) is 9.16 Å². The Morgan fingerprint density at radius 1 is 0.931 bits per heavy atom. The van der Waals surface area contributed by atoms with Gasteiger partial charge in [0.2, 0.25) is 8.32 Å². The van der Waals surface area contributed by atoms with Crippen LogP contribution < -0.4 is 9.64 Å². The van der Waals surface area contributed by atoms with Gasteiger partial charge in [-0.1, -0.05) is 68.2 Å². The maximum absolute atomic E-state index is 13.4. The van der Waals surface area contributed by atoms with Crippen LogP contribution in [0.15, 0.2) is 24.3 Å². The van der Waals surface area contributed by atoms with Gasteiger partial charge in [-0.15, -0.1) is 0 Å². The lowest BCUT2D eigenvalue weighted by Crippen LogP contribution is -2.71. The Morgan fingerprint density at radius 3 is 1.79 bits per heavy atom. The van der Waals surface area contributed by atoms with E-state index in [1.807, 2.05) is 29.2 Å². The zero-order valence-corrected chi connectivity index (χ0v) is 20.9. The van der Waals surface area contributed by atoms with Crippen molar-refractivity contribution < 1.29 is 14.0 Å². The maximum Gasteiger partial charge on any atom is 0.257 e. The molecule has 2 rings (SSSR count). The quantitative estimate of drug-likeness (QED) is 0.325. The van der Waals surface area contributed by atoms with Crippen LogP contribution in [0.25, 0.3) is 0 Å². The molecule has 5 heteroatoms. The summed E-state index contributed by atoms with van der Waals surface area (Å²) in [5.74, 6) is 1.35. The highest BCUT2D eigenvalue weighted by molar-refractivity contribution is 6.77. The van der Waals surface area contributed by atoms with Gasteiger partial charge in [0.25, 0.3) is 5.91 Å². The Balaban J connectivity index is 2.41. The van der Waals surface area contributed by atoms with Crippen LogP contribution in [0.2, 0.25) is 16.6 Å². The van der Waals surface area contributed by atoms with Gasteiger partial charge < -0.3 is 14.1 Å². The lowest BCUT2D eigenvalue weighted by molar-refractivity contribution is -0.137. The minimum atomic E-state index is -2.13. The van der Waals surface area contributed by atoms with E-state index in [-0.39, 0.29) is 18.1 Å². The van der Waals surface area contributed by atoms with Crippen LogP contribution in [0.5, 0.6) is 5.75 Å². The molecule has 2 atom stereocenters. The molecular formula is C24H41NO3Si. The number of benzene rings is 1. The molecule has 29 heavy (non-hydrogen) atoms. The Labute approximate surface area is 179 Å². The fraction of sp³-hybridized carbons (Fsp3) is 0.708. The van der Waals surface area contributed by atoms with Gasteiger partial charge in [0.1, 0.15) is 11.9 Å². The second-order valence-corrected chi connectivity index (χ2v) is 14.7. The number of methoxy groups -OCH3 is 1. The third-order valence-corrected chi connectivity index (χ3v) is 13.1. The van der Waals surface area contributed by atoms with Crippen LogP contribution in [-0.4, -0.2) is 33.5 Å². The molecule has 0 N–H and O–H groups in total. The molecule has 0 aromatic heterocycles. The molecule has 0 spiro atoms. The topological polar surface area (TPSA) is 38.8 Å². The minimum Gasteiger partial charge on any atom is -0.497 e. The first kappa shape index (κ1) is 23.9. The summed E-state index contributed by atoms with van der Waals surface area (Å²) in [6.07, 6.45) is 1.77. The van der Waals surface area contributed by atoms with Gasteiger partial charge in [0.05, 0.1) is 13.2 Å².